The lowest BCUT2D eigenvalue weighted by Crippen LogP contribution is -2.03. The first-order chi connectivity index (χ1) is 14.7. The molecule has 3 aromatic heterocycles. The number of carbonyl (C=O) groups excluding carboxylic acids is 1. The van der Waals surface area contributed by atoms with Crippen LogP contribution in [0.4, 0.5) is 0 Å². The van der Waals surface area contributed by atoms with Crippen molar-refractivity contribution in [2.75, 3.05) is 0 Å². The van der Waals surface area contributed by atoms with E-state index in [4.69, 9.17) is 0 Å². The first-order valence-corrected chi connectivity index (χ1v) is 10.3. The van der Waals surface area contributed by atoms with Crippen LogP contribution < -0.4 is 0 Å². The highest BCUT2D eigenvalue weighted by atomic mass is 16.1. The number of hydrogen-bond acceptors (Lipinski definition) is 3. The predicted octanol–water partition coefficient (Wildman–Crippen LogP) is 5.41. The fourth-order valence-electron chi connectivity index (χ4n) is 4.09. The lowest BCUT2D eigenvalue weighted by atomic mass is 10.1. The predicted molar refractivity (Wildman–Crippen MR) is 118 cm³/mol. The van der Waals surface area contributed by atoms with Gasteiger partial charge in [0, 0.05) is 46.1 Å². The van der Waals surface area contributed by atoms with Crippen molar-refractivity contribution in [3.05, 3.63) is 83.8 Å². The first kappa shape index (κ1) is 17.2. The molecule has 0 bridgehead atoms. The Morgan fingerprint density at radius 2 is 1.87 bits per heavy atom. The quantitative estimate of drug-likeness (QED) is 0.393. The Morgan fingerprint density at radius 3 is 2.70 bits per heavy atom. The van der Waals surface area contributed by atoms with E-state index in [0.717, 1.165) is 44.3 Å². The van der Waals surface area contributed by atoms with Crippen LogP contribution in [0.1, 0.15) is 40.5 Å². The SMILES string of the molecule is O=C(Cc1ccccc1)c1cc2cc3c(-c4ccnc(C5CC5)c4)n[nH]c3cc2[nH]1. The lowest BCUT2D eigenvalue weighted by molar-refractivity contribution is 0.0989. The van der Waals surface area contributed by atoms with E-state index in [1.807, 2.05) is 54.7 Å². The van der Waals surface area contributed by atoms with Crippen molar-refractivity contribution in [3.8, 4) is 11.3 Å². The summed E-state index contributed by atoms with van der Waals surface area (Å²) in [6.45, 7) is 0. The Hall–Kier alpha value is -3.73. The summed E-state index contributed by atoms with van der Waals surface area (Å²) in [5.41, 5.74) is 6.69. The van der Waals surface area contributed by atoms with E-state index in [-0.39, 0.29) is 5.78 Å². The van der Waals surface area contributed by atoms with Crippen LogP contribution >= 0.6 is 0 Å². The fraction of sp³-hybridized carbons (Fsp3) is 0.160. The van der Waals surface area contributed by atoms with E-state index in [0.29, 0.717) is 18.0 Å². The molecule has 1 fully saturated rings. The van der Waals surface area contributed by atoms with Gasteiger partial charge in [0.1, 0.15) is 5.69 Å². The molecule has 6 rings (SSSR count). The summed E-state index contributed by atoms with van der Waals surface area (Å²) >= 11 is 0. The number of benzene rings is 2. The molecule has 1 aliphatic rings. The van der Waals surface area contributed by atoms with Gasteiger partial charge in [-0.1, -0.05) is 30.3 Å². The van der Waals surface area contributed by atoms with Gasteiger partial charge in [-0.15, -0.1) is 0 Å². The normalized spacial score (nSPS) is 13.9. The van der Waals surface area contributed by atoms with Gasteiger partial charge in [-0.3, -0.25) is 14.9 Å². The molecule has 0 spiro atoms. The second kappa shape index (κ2) is 6.66. The van der Waals surface area contributed by atoms with Crippen LogP contribution in [0.15, 0.2) is 66.9 Å². The molecule has 5 nitrogen and oxygen atoms in total. The summed E-state index contributed by atoms with van der Waals surface area (Å²) in [4.78, 5) is 20.6. The van der Waals surface area contributed by atoms with Crippen molar-refractivity contribution >= 4 is 27.6 Å². The van der Waals surface area contributed by atoms with Gasteiger partial charge in [-0.2, -0.15) is 5.10 Å². The molecular weight excluding hydrogens is 372 g/mol. The highest BCUT2D eigenvalue weighted by Gasteiger charge is 2.25. The highest BCUT2D eigenvalue weighted by Crippen LogP contribution is 2.40. The fourth-order valence-corrected chi connectivity index (χ4v) is 4.09. The number of fused-ring (bicyclic) bond motifs is 2. The van der Waals surface area contributed by atoms with Crippen LogP contribution in [0.3, 0.4) is 0 Å². The molecule has 0 amide bonds. The van der Waals surface area contributed by atoms with Crippen molar-refractivity contribution in [1.29, 1.82) is 0 Å². The number of pyridine rings is 1. The molecule has 5 aromatic rings. The summed E-state index contributed by atoms with van der Waals surface area (Å²) in [7, 11) is 0. The number of rotatable bonds is 5. The van der Waals surface area contributed by atoms with Gasteiger partial charge in [-0.25, -0.2) is 0 Å². The summed E-state index contributed by atoms with van der Waals surface area (Å²) < 4.78 is 0. The third kappa shape index (κ3) is 2.99. The maximum absolute atomic E-state index is 12.8. The zero-order valence-corrected chi connectivity index (χ0v) is 16.4. The standard InChI is InChI=1S/C25H20N4O/c30-24(10-15-4-2-1-3-5-15)23-13-18-11-19-22(14-21(18)27-23)28-29-25(19)17-8-9-26-20(12-17)16-6-7-16/h1-5,8-9,11-14,16,27H,6-7,10H2,(H,28,29). The smallest absolute Gasteiger partial charge is 0.183 e. The monoisotopic (exact) mass is 392 g/mol. The van der Waals surface area contributed by atoms with Crippen LogP contribution in [0.5, 0.6) is 0 Å². The molecule has 146 valence electrons. The third-order valence-corrected chi connectivity index (χ3v) is 5.86. The van der Waals surface area contributed by atoms with E-state index >= 15 is 0 Å². The zero-order chi connectivity index (χ0) is 20.1. The van der Waals surface area contributed by atoms with Gasteiger partial charge in [0.25, 0.3) is 0 Å². The minimum atomic E-state index is 0.0858. The van der Waals surface area contributed by atoms with Crippen molar-refractivity contribution in [1.82, 2.24) is 20.2 Å². The van der Waals surface area contributed by atoms with E-state index in [2.05, 4.69) is 32.3 Å². The van der Waals surface area contributed by atoms with Crippen molar-refractivity contribution in [2.45, 2.75) is 25.2 Å². The second-order valence-electron chi connectivity index (χ2n) is 8.07. The van der Waals surface area contributed by atoms with Gasteiger partial charge in [0.15, 0.2) is 5.78 Å². The number of ketones is 1. The number of Topliss-reactive ketones (excluding diaryl/α,β-unsaturated/α-hetero) is 1. The number of nitrogens with zero attached hydrogens (tertiary/aromatic N) is 2. The molecule has 1 saturated carbocycles. The molecule has 2 N–H and O–H groups in total. The maximum Gasteiger partial charge on any atom is 0.183 e. The van der Waals surface area contributed by atoms with Crippen LogP contribution in [0.25, 0.3) is 33.1 Å². The van der Waals surface area contributed by atoms with Crippen molar-refractivity contribution in [2.24, 2.45) is 0 Å². The summed E-state index contributed by atoms with van der Waals surface area (Å²) in [5, 5.41) is 9.78. The average Bonchev–Trinajstić information content (AvgIpc) is 3.42. The van der Waals surface area contributed by atoms with Crippen molar-refractivity contribution < 1.29 is 4.79 Å². The number of nitrogens with one attached hydrogen (secondary N) is 2. The summed E-state index contributed by atoms with van der Waals surface area (Å²) in [6.07, 6.45) is 4.71. The molecule has 0 unspecified atom stereocenters. The Bertz CT molecular complexity index is 1390. The molecule has 0 saturated heterocycles. The van der Waals surface area contributed by atoms with Gasteiger partial charge >= 0.3 is 0 Å². The topological polar surface area (TPSA) is 74.4 Å². The Balaban J connectivity index is 1.38. The molecule has 5 heteroatoms. The first-order valence-electron chi connectivity index (χ1n) is 10.3. The molecule has 0 radical (unpaired) electrons. The zero-order valence-electron chi connectivity index (χ0n) is 16.4. The molecule has 30 heavy (non-hydrogen) atoms. The summed E-state index contributed by atoms with van der Waals surface area (Å²) in [5.74, 6) is 0.687. The van der Waals surface area contributed by atoms with E-state index in [9.17, 15) is 4.79 Å². The molecular formula is C25H20N4O. The Labute approximate surface area is 173 Å². The van der Waals surface area contributed by atoms with E-state index in [1.165, 1.54) is 12.8 Å². The van der Waals surface area contributed by atoms with Crippen LogP contribution in [-0.4, -0.2) is 25.9 Å². The van der Waals surface area contributed by atoms with Crippen molar-refractivity contribution in [3.63, 3.8) is 0 Å². The third-order valence-electron chi connectivity index (χ3n) is 5.86. The molecule has 2 aromatic carbocycles. The molecule has 0 aliphatic heterocycles. The molecule has 3 heterocycles. The minimum Gasteiger partial charge on any atom is -0.352 e. The number of H-pyrrole nitrogens is 2. The lowest BCUT2D eigenvalue weighted by Gasteiger charge is -2.01. The number of hydrogen-bond donors (Lipinski definition) is 2. The summed E-state index contributed by atoms with van der Waals surface area (Å²) in [6, 6.07) is 20.1. The Kier molecular flexibility index (Phi) is 3.81. The largest absolute Gasteiger partial charge is 0.352 e. The molecule has 1 aliphatic carbocycles. The Morgan fingerprint density at radius 1 is 1.00 bits per heavy atom. The van der Waals surface area contributed by atoms with Crippen LogP contribution in [0.2, 0.25) is 0 Å². The minimum absolute atomic E-state index is 0.0858. The van der Waals surface area contributed by atoms with Gasteiger partial charge in [0.2, 0.25) is 0 Å². The van der Waals surface area contributed by atoms with Crippen LogP contribution in [0, 0.1) is 0 Å². The van der Waals surface area contributed by atoms with Crippen LogP contribution in [-0.2, 0) is 6.42 Å². The van der Waals surface area contributed by atoms with Gasteiger partial charge in [0.05, 0.1) is 11.2 Å². The molecule has 0 atom stereocenters. The second-order valence-corrected chi connectivity index (χ2v) is 8.07. The average molecular weight is 392 g/mol. The number of aromatic nitrogens is 4. The number of aromatic amines is 2. The van der Waals surface area contributed by atoms with E-state index < -0.39 is 0 Å². The maximum atomic E-state index is 12.8. The highest BCUT2D eigenvalue weighted by molar-refractivity contribution is 6.05. The number of carbonyl (C=O) groups is 1. The van der Waals surface area contributed by atoms with Gasteiger partial charge in [-0.05, 0) is 48.7 Å². The van der Waals surface area contributed by atoms with Gasteiger partial charge < -0.3 is 4.98 Å². The van der Waals surface area contributed by atoms with E-state index in [1.54, 1.807) is 0 Å².